The highest BCUT2D eigenvalue weighted by Gasteiger charge is 2.14. The van der Waals surface area contributed by atoms with E-state index in [0.717, 1.165) is 31.4 Å². The van der Waals surface area contributed by atoms with E-state index >= 15 is 0 Å². The van der Waals surface area contributed by atoms with Crippen molar-refractivity contribution < 1.29 is 9.53 Å². The van der Waals surface area contributed by atoms with Gasteiger partial charge in [-0.2, -0.15) is 0 Å². The number of nitrogens with zero attached hydrogens (tertiary/aromatic N) is 1. The quantitative estimate of drug-likeness (QED) is 0.773. The molecule has 2 rings (SSSR count). The molecule has 3 nitrogen and oxygen atoms in total. The molecule has 0 spiro atoms. The number of aryl methyl sites for hydroxylation is 1. The number of hydrogen-bond donors (Lipinski definition) is 0. The monoisotopic (exact) mass is 273 g/mol. The van der Waals surface area contributed by atoms with Crippen LogP contribution in [0.2, 0.25) is 0 Å². The van der Waals surface area contributed by atoms with E-state index in [0.29, 0.717) is 13.0 Å². The molecule has 3 heteroatoms. The Bertz CT molecular complexity index is 492. The highest BCUT2D eigenvalue weighted by atomic mass is 16.5. The Morgan fingerprint density at radius 2 is 2.10 bits per heavy atom. The van der Waals surface area contributed by atoms with Crippen LogP contribution in [0.25, 0.3) is 5.57 Å². The van der Waals surface area contributed by atoms with E-state index in [1.807, 2.05) is 25.1 Å². The molecule has 0 heterocycles. The average Bonchev–Trinajstić information content (AvgIpc) is 2.61. The van der Waals surface area contributed by atoms with Crippen molar-refractivity contribution in [1.29, 1.82) is 0 Å². The van der Waals surface area contributed by atoms with Gasteiger partial charge in [0.1, 0.15) is 6.61 Å². The second-order valence-electron chi connectivity index (χ2n) is 5.48. The zero-order valence-corrected chi connectivity index (χ0v) is 12.4. The maximum absolute atomic E-state index is 11.9. The van der Waals surface area contributed by atoms with Crippen LogP contribution in [0, 0.1) is 0 Å². The number of benzene rings is 1. The summed E-state index contributed by atoms with van der Waals surface area (Å²) < 4.78 is 5.29. The number of esters is 1. The van der Waals surface area contributed by atoms with Crippen LogP contribution >= 0.6 is 0 Å². The van der Waals surface area contributed by atoms with Crippen molar-refractivity contribution in [3.05, 3.63) is 41.5 Å². The molecule has 0 saturated heterocycles. The Balaban J connectivity index is 1.98. The van der Waals surface area contributed by atoms with Gasteiger partial charge >= 0.3 is 5.97 Å². The Hall–Kier alpha value is -1.61. The second-order valence-corrected chi connectivity index (χ2v) is 5.48. The van der Waals surface area contributed by atoms with E-state index < -0.39 is 0 Å². The largest absolute Gasteiger partial charge is 0.464 e. The van der Waals surface area contributed by atoms with Crippen molar-refractivity contribution in [1.82, 2.24) is 4.90 Å². The second kappa shape index (κ2) is 7.25. The molecular formula is C17H23NO2. The fourth-order valence-corrected chi connectivity index (χ4v) is 2.45. The number of ether oxygens (including phenoxy) is 1. The fraction of sp³-hybridized carbons (Fsp3) is 0.471. The van der Waals surface area contributed by atoms with Crippen molar-refractivity contribution in [3.8, 4) is 0 Å². The van der Waals surface area contributed by atoms with Crippen LogP contribution in [0.5, 0.6) is 0 Å². The Labute approximate surface area is 121 Å². The SMILES string of the molecule is CN(C)CCOC(=O)CC1=CCCCc2ccccc21. The van der Waals surface area contributed by atoms with Crippen LogP contribution in [-0.4, -0.2) is 38.1 Å². The predicted molar refractivity (Wildman–Crippen MR) is 81.5 cm³/mol. The molecule has 0 amide bonds. The number of fused-ring (bicyclic) bond motifs is 1. The molecule has 0 saturated carbocycles. The van der Waals surface area contributed by atoms with Gasteiger partial charge in [-0.3, -0.25) is 4.79 Å². The standard InChI is InChI=1S/C17H23NO2/c1-18(2)11-12-20-17(19)13-15-9-4-3-7-14-8-5-6-10-16(14)15/h5-6,8-10H,3-4,7,11-13H2,1-2H3. The Kier molecular flexibility index (Phi) is 5.36. The van der Waals surface area contributed by atoms with Gasteiger partial charge in [0.05, 0.1) is 6.42 Å². The average molecular weight is 273 g/mol. The molecule has 0 radical (unpaired) electrons. The Morgan fingerprint density at radius 3 is 2.90 bits per heavy atom. The van der Waals surface area contributed by atoms with Crippen LogP contribution in [0.3, 0.4) is 0 Å². The van der Waals surface area contributed by atoms with Gasteiger partial charge < -0.3 is 9.64 Å². The summed E-state index contributed by atoms with van der Waals surface area (Å²) in [5, 5.41) is 0. The molecule has 108 valence electrons. The van der Waals surface area contributed by atoms with E-state index in [1.165, 1.54) is 11.1 Å². The van der Waals surface area contributed by atoms with Crippen molar-refractivity contribution in [2.75, 3.05) is 27.2 Å². The molecular weight excluding hydrogens is 250 g/mol. The molecule has 1 aliphatic rings. The van der Waals surface area contributed by atoms with Gasteiger partial charge in [0.25, 0.3) is 0 Å². The molecule has 0 aromatic heterocycles. The molecule has 0 aliphatic heterocycles. The van der Waals surface area contributed by atoms with Gasteiger partial charge in [-0.25, -0.2) is 0 Å². The van der Waals surface area contributed by atoms with E-state index in [9.17, 15) is 4.79 Å². The molecule has 1 aliphatic carbocycles. The van der Waals surface area contributed by atoms with Crippen LogP contribution in [0.1, 0.15) is 30.4 Å². The number of hydrogen-bond acceptors (Lipinski definition) is 3. The summed E-state index contributed by atoms with van der Waals surface area (Å²) in [5.74, 6) is -0.130. The minimum Gasteiger partial charge on any atom is -0.464 e. The minimum atomic E-state index is -0.130. The highest BCUT2D eigenvalue weighted by molar-refractivity contribution is 5.86. The van der Waals surface area contributed by atoms with Crippen molar-refractivity contribution in [2.24, 2.45) is 0 Å². The van der Waals surface area contributed by atoms with Gasteiger partial charge in [-0.05, 0) is 50.1 Å². The normalized spacial score (nSPS) is 14.4. The van der Waals surface area contributed by atoms with E-state index in [2.05, 4.69) is 24.3 Å². The zero-order chi connectivity index (χ0) is 14.4. The van der Waals surface area contributed by atoms with Gasteiger partial charge in [0.2, 0.25) is 0 Å². The molecule has 0 bridgehead atoms. The van der Waals surface area contributed by atoms with E-state index in [-0.39, 0.29) is 5.97 Å². The van der Waals surface area contributed by atoms with Crippen molar-refractivity contribution in [2.45, 2.75) is 25.7 Å². The molecule has 0 unspecified atom stereocenters. The first-order chi connectivity index (χ1) is 9.66. The third-order valence-corrected chi connectivity index (χ3v) is 3.54. The van der Waals surface area contributed by atoms with Crippen LogP contribution < -0.4 is 0 Å². The maximum Gasteiger partial charge on any atom is 0.310 e. The van der Waals surface area contributed by atoms with Gasteiger partial charge in [-0.1, -0.05) is 30.3 Å². The summed E-state index contributed by atoms with van der Waals surface area (Å²) in [6.07, 6.45) is 5.85. The lowest BCUT2D eigenvalue weighted by Crippen LogP contribution is -2.20. The lowest BCUT2D eigenvalue weighted by Gasteiger charge is -2.12. The summed E-state index contributed by atoms with van der Waals surface area (Å²) >= 11 is 0. The smallest absolute Gasteiger partial charge is 0.310 e. The number of carbonyl (C=O) groups is 1. The minimum absolute atomic E-state index is 0.130. The Morgan fingerprint density at radius 1 is 1.30 bits per heavy atom. The lowest BCUT2D eigenvalue weighted by molar-refractivity contribution is -0.142. The first kappa shape index (κ1) is 14.8. The summed E-state index contributed by atoms with van der Waals surface area (Å²) in [4.78, 5) is 13.9. The first-order valence-corrected chi connectivity index (χ1v) is 7.24. The number of rotatable bonds is 5. The van der Waals surface area contributed by atoms with Gasteiger partial charge in [0.15, 0.2) is 0 Å². The van der Waals surface area contributed by atoms with Crippen molar-refractivity contribution in [3.63, 3.8) is 0 Å². The van der Waals surface area contributed by atoms with E-state index in [1.54, 1.807) is 0 Å². The van der Waals surface area contributed by atoms with E-state index in [4.69, 9.17) is 4.74 Å². The lowest BCUT2D eigenvalue weighted by atomic mass is 9.97. The molecule has 0 N–H and O–H groups in total. The summed E-state index contributed by atoms with van der Waals surface area (Å²) in [5.41, 5.74) is 3.68. The first-order valence-electron chi connectivity index (χ1n) is 7.24. The molecule has 1 aromatic rings. The molecule has 0 fully saturated rings. The number of carbonyl (C=O) groups excluding carboxylic acids is 1. The fourth-order valence-electron chi connectivity index (χ4n) is 2.45. The predicted octanol–water partition coefficient (Wildman–Crippen LogP) is 2.90. The molecule has 20 heavy (non-hydrogen) atoms. The topological polar surface area (TPSA) is 29.5 Å². The maximum atomic E-state index is 11.9. The zero-order valence-electron chi connectivity index (χ0n) is 12.4. The molecule has 0 atom stereocenters. The van der Waals surface area contributed by atoms with Gasteiger partial charge in [-0.15, -0.1) is 0 Å². The third kappa shape index (κ3) is 4.20. The van der Waals surface area contributed by atoms with Crippen LogP contribution in [0.15, 0.2) is 30.3 Å². The summed E-state index contributed by atoms with van der Waals surface area (Å²) in [7, 11) is 3.94. The summed E-state index contributed by atoms with van der Waals surface area (Å²) in [6.45, 7) is 1.22. The number of allylic oxidation sites excluding steroid dienone is 1. The summed E-state index contributed by atoms with van der Waals surface area (Å²) in [6, 6.07) is 8.37. The molecule has 1 aromatic carbocycles. The highest BCUT2D eigenvalue weighted by Crippen LogP contribution is 2.28. The van der Waals surface area contributed by atoms with Gasteiger partial charge in [0, 0.05) is 6.54 Å². The van der Waals surface area contributed by atoms with Crippen LogP contribution in [0.4, 0.5) is 0 Å². The van der Waals surface area contributed by atoms with Crippen molar-refractivity contribution >= 4 is 11.5 Å². The third-order valence-electron chi connectivity index (χ3n) is 3.54. The number of likely N-dealkylation sites (N-methyl/N-ethyl adjacent to an activating group) is 1. The van der Waals surface area contributed by atoms with Crippen LogP contribution in [-0.2, 0) is 16.0 Å².